The number of ether oxygens (including phenoxy) is 2. The number of nitrogens with zero attached hydrogens (tertiary/aromatic N) is 1. The van der Waals surface area contributed by atoms with Crippen molar-refractivity contribution in [1.82, 2.24) is 4.90 Å². The van der Waals surface area contributed by atoms with Gasteiger partial charge in [-0.1, -0.05) is 26.0 Å². The molecular weight excluding hydrogens is 599 g/mol. The van der Waals surface area contributed by atoms with Gasteiger partial charge in [-0.3, -0.25) is 14.5 Å². The van der Waals surface area contributed by atoms with Crippen LogP contribution in [0.3, 0.4) is 0 Å². The van der Waals surface area contributed by atoms with Crippen molar-refractivity contribution in [3.05, 3.63) is 47.2 Å². The lowest BCUT2D eigenvalue weighted by atomic mass is 9.43. The lowest BCUT2D eigenvalue weighted by molar-refractivity contribution is -0.268. The summed E-state index contributed by atoms with van der Waals surface area (Å²) in [7, 11) is -5.74. The zero-order valence-corrected chi connectivity index (χ0v) is 25.7. The fourth-order valence-electron chi connectivity index (χ4n) is 10.2. The molecule has 4 aliphatic carbocycles. The minimum absolute atomic E-state index is 0.0101. The van der Waals surface area contributed by atoms with Crippen LogP contribution in [0, 0.1) is 40.4 Å². The van der Waals surface area contributed by atoms with E-state index in [1.165, 1.54) is 4.90 Å². The predicted octanol–water partition coefficient (Wildman–Crippen LogP) is 6.04. The average molecular weight is 638 g/mol. The molecule has 2 aliphatic heterocycles. The number of hydrogen-bond acceptors (Lipinski definition) is 7. The smallest absolute Gasteiger partial charge is 0.380 e. The molecule has 0 N–H and O–H groups in total. The minimum atomic E-state index is -5.74. The van der Waals surface area contributed by atoms with Crippen LogP contribution in [0.4, 0.5) is 13.2 Å². The number of hydrogen-bond donors (Lipinski definition) is 0. The van der Waals surface area contributed by atoms with Crippen LogP contribution in [-0.2, 0) is 23.8 Å². The number of imide groups is 1. The second kappa shape index (κ2) is 10.0. The summed E-state index contributed by atoms with van der Waals surface area (Å²) >= 11 is 0. The number of fused-ring (bicyclic) bond motifs is 6. The van der Waals surface area contributed by atoms with Crippen molar-refractivity contribution in [2.75, 3.05) is 19.8 Å². The first kappa shape index (κ1) is 30.2. The van der Waals surface area contributed by atoms with Gasteiger partial charge in [0, 0.05) is 24.3 Å². The van der Waals surface area contributed by atoms with E-state index in [9.17, 15) is 31.2 Å². The molecule has 4 fully saturated rings. The molecule has 12 heteroatoms. The van der Waals surface area contributed by atoms with Crippen molar-refractivity contribution in [2.24, 2.45) is 40.4 Å². The van der Waals surface area contributed by atoms with Gasteiger partial charge >= 0.3 is 15.6 Å². The van der Waals surface area contributed by atoms with E-state index in [0.717, 1.165) is 25.7 Å². The molecule has 3 unspecified atom stereocenters. The van der Waals surface area contributed by atoms with Crippen molar-refractivity contribution in [3.63, 3.8) is 0 Å². The third-order valence-electron chi connectivity index (χ3n) is 12.3. The number of allylic oxidation sites excluding steroid dienone is 2. The van der Waals surface area contributed by atoms with E-state index in [2.05, 4.69) is 6.92 Å². The Morgan fingerprint density at radius 3 is 2.23 bits per heavy atom. The highest BCUT2D eigenvalue weighted by Crippen LogP contribution is 2.69. The molecule has 1 aromatic rings. The Balaban J connectivity index is 1.12. The Morgan fingerprint density at radius 2 is 1.59 bits per heavy atom. The summed E-state index contributed by atoms with van der Waals surface area (Å²) in [5.74, 6) is -0.749. The first-order valence-corrected chi connectivity index (χ1v) is 17.1. The Bertz CT molecular complexity index is 1480. The fourth-order valence-corrected chi connectivity index (χ4v) is 10.8. The Hall–Kier alpha value is -2.44. The summed E-state index contributed by atoms with van der Waals surface area (Å²) in [5.41, 5.74) is -5.51. The monoisotopic (exact) mass is 637 g/mol. The van der Waals surface area contributed by atoms with E-state index in [4.69, 9.17) is 13.7 Å². The summed E-state index contributed by atoms with van der Waals surface area (Å²) < 4.78 is 80.8. The van der Waals surface area contributed by atoms with Crippen molar-refractivity contribution < 1.29 is 44.8 Å². The van der Waals surface area contributed by atoms with Gasteiger partial charge in [-0.2, -0.15) is 21.6 Å². The zero-order valence-electron chi connectivity index (χ0n) is 24.9. The average Bonchev–Trinajstić information content (AvgIpc) is 3.64. The first-order chi connectivity index (χ1) is 20.7. The van der Waals surface area contributed by atoms with Crippen molar-refractivity contribution in [3.8, 4) is 0 Å². The quantitative estimate of drug-likeness (QED) is 0.220. The molecule has 2 amide bonds. The molecule has 44 heavy (non-hydrogen) atoms. The normalized spacial score (nSPS) is 37.8. The van der Waals surface area contributed by atoms with Gasteiger partial charge in [0.25, 0.3) is 11.8 Å². The minimum Gasteiger partial charge on any atom is -0.380 e. The second-order valence-corrected chi connectivity index (χ2v) is 15.6. The van der Waals surface area contributed by atoms with Crippen LogP contribution in [0.25, 0.3) is 0 Å². The van der Waals surface area contributed by atoms with Gasteiger partial charge in [0.05, 0.1) is 24.3 Å². The number of carbonyl (C=O) groups excluding carboxylic acids is 2. The summed E-state index contributed by atoms with van der Waals surface area (Å²) in [6, 6.07) is 6.88. The van der Waals surface area contributed by atoms with Crippen LogP contribution in [0.15, 0.2) is 36.1 Å². The molecule has 1 saturated heterocycles. The van der Waals surface area contributed by atoms with Gasteiger partial charge < -0.3 is 13.7 Å². The summed E-state index contributed by atoms with van der Waals surface area (Å²) in [5, 5.41) is 0. The van der Waals surface area contributed by atoms with Crippen LogP contribution in [0.1, 0.15) is 85.9 Å². The number of carbonyl (C=O) groups is 2. The third-order valence-corrected chi connectivity index (χ3v) is 13.3. The maximum absolute atomic E-state index is 13.2. The standard InChI is InChI=1S/C32H38F3NO7S/c1-29-14-15-31(41-17-18-42-31)25(12-16-36-27(37)19-5-3-4-6-20(19)28(36)38)24(29)8-7-21-22-9-10-26(30(22,2)13-11-23(21)29)43-44(39,40)32(33,34)35/h3-6,10,21-25H,7-9,11-18H2,1-2H3/t21?,22?,23?,24-,25-,29+,30-/m0/s1. The van der Waals surface area contributed by atoms with E-state index in [0.29, 0.717) is 50.0 Å². The van der Waals surface area contributed by atoms with E-state index in [-0.39, 0.29) is 59.1 Å². The van der Waals surface area contributed by atoms with Gasteiger partial charge in [0.2, 0.25) is 0 Å². The summed E-state index contributed by atoms with van der Waals surface area (Å²) in [4.78, 5) is 27.7. The van der Waals surface area contributed by atoms with E-state index in [1.807, 2.05) is 6.92 Å². The number of alkyl halides is 3. The summed E-state index contributed by atoms with van der Waals surface area (Å²) in [6.45, 7) is 5.43. The molecule has 6 aliphatic rings. The maximum Gasteiger partial charge on any atom is 0.534 e. The molecule has 3 saturated carbocycles. The molecule has 7 rings (SSSR count). The topological polar surface area (TPSA) is 99.2 Å². The lowest BCUT2D eigenvalue weighted by Crippen LogP contribution is -2.60. The van der Waals surface area contributed by atoms with Crippen LogP contribution >= 0.6 is 0 Å². The van der Waals surface area contributed by atoms with Crippen LogP contribution in [0.5, 0.6) is 0 Å². The Morgan fingerprint density at radius 1 is 0.932 bits per heavy atom. The van der Waals surface area contributed by atoms with E-state index >= 15 is 0 Å². The molecule has 0 radical (unpaired) electrons. The number of amides is 2. The highest BCUT2D eigenvalue weighted by atomic mass is 32.2. The van der Waals surface area contributed by atoms with Gasteiger partial charge in [0.1, 0.15) is 5.76 Å². The lowest BCUT2D eigenvalue weighted by Gasteiger charge is -2.63. The van der Waals surface area contributed by atoms with E-state index < -0.39 is 26.8 Å². The van der Waals surface area contributed by atoms with Crippen molar-refractivity contribution in [2.45, 2.75) is 76.5 Å². The van der Waals surface area contributed by atoms with Crippen LogP contribution in [0.2, 0.25) is 0 Å². The Labute approximate surface area is 255 Å². The molecule has 1 aromatic carbocycles. The van der Waals surface area contributed by atoms with Crippen molar-refractivity contribution >= 4 is 21.9 Å². The largest absolute Gasteiger partial charge is 0.534 e. The first-order valence-electron chi connectivity index (χ1n) is 15.7. The molecular formula is C32H38F3NO7S. The summed E-state index contributed by atoms with van der Waals surface area (Å²) in [6.07, 6.45) is 7.14. The second-order valence-electron chi connectivity index (χ2n) is 14.0. The molecule has 1 spiro atoms. The SMILES string of the molecule is C[C@]12CCC3C(CC[C@H]4[C@H](CCN5C(=O)c6ccccc6C5=O)C5(CC[C@]34C)OCCO5)C1CC=C2OS(=O)(=O)C(F)(F)F. The zero-order chi connectivity index (χ0) is 31.3. The third kappa shape index (κ3) is 4.26. The van der Waals surface area contributed by atoms with Crippen LogP contribution in [-0.4, -0.2) is 56.2 Å². The fraction of sp³-hybridized carbons (Fsp3) is 0.688. The molecule has 240 valence electrons. The van der Waals surface area contributed by atoms with Gasteiger partial charge in [-0.25, -0.2) is 0 Å². The Kier molecular flexibility index (Phi) is 6.89. The van der Waals surface area contributed by atoms with Crippen molar-refractivity contribution in [1.29, 1.82) is 0 Å². The number of benzene rings is 1. The molecule has 2 heterocycles. The molecule has 7 atom stereocenters. The van der Waals surface area contributed by atoms with Gasteiger partial charge in [-0.15, -0.1) is 0 Å². The number of halogens is 3. The maximum atomic E-state index is 13.2. The van der Waals surface area contributed by atoms with Crippen LogP contribution < -0.4 is 0 Å². The molecule has 0 aromatic heterocycles. The van der Waals surface area contributed by atoms with Gasteiger partial charge in [-0.05, 0) is 92.2 Å². The highest BCUT2D eigenvalue weighted by Gasteiger charge is 2.65. The molecule has 8 nitrogen and oxygen atoms in total. The van der Waals surface area contributed by atoms with E-state index in [1.54, 1.807) is 30.3 Å². The predicted molar refractivity (Wildman–Crippen MR) is 151 cm³/mol. The van der Waals surface area contributed by atoms with Gasteiger partial charge in [0.15, 0.2) is 5.79 Å². The molecule has 0 bridgehead atoms. The number of rotatable bonds is 5. The highest BCUT2D eigenvalue weighted by molar-refractivity contribution is 7.87.